The molecule has 4 nitrogen and oxygen atoms in total. The first-order chi connectivity index (χ1) is 9.73. The van der Waals surface area contributed by atoms with Gasteiger partial charge in [0.05, 0.1) is 11.6 Å². The van der Waals surface area contributed by atoms with Crippen molar-refractivity contribution in [3.63, 3.8) is 0 Å². The van der Waals surface area contributed by atoms with Gasteiger partial charge in [-0.05, 0) is 19.9 Å². The highest BCUT2D eigenvalue weighted by molar-refractivity contribution is 5.86. The second kappa shape index (κ2) is 5.69. The molecule has 1 aromatic carbocycles. The Bertz CT molecular complexity index is 548. The van der Waals surface area contributed by atoms with Crippen molar-refractivity contribution in [2.75, 3.05) is 26.7 Å². The minimum atomic E-state index is -1.11. The number of nitrogens with zero attached hydrogens (tertiary/aromatic N) is 2. The van der Waals surface area contributed by atoms with Gasteiger partial charge in [0.25, 0.3) is 0 Å². The smallest absolute Gasteiger partial charge is 0.242 e. The Morgan fingerprint density at radius 1 is 1.33 bits per heavy atom. The van der Waals surface area contributed by atoms with Crippen molar-refractivity contribution in [3.05, 3.63) is 35.4 Å². The van der Waals surface area contributed by atoms with E-state index in [2.05, 4.69) is 0 Å². The van der Waals surface area contributed by atoms with E-state index in [1.807, 2.05) is 4.90 Å². The second-order valence-electron chi connectivity index (χ2n) is 5.91. The largest absolute Gasteiger partial charge is 0.387 e. The fourth-order valence-corrected chi connectivity index (χ4v) is 2.65. The van der Waals surface area contributed by atoms with Crippen LogP contribution in [-0.4, -0.2) is 53.0 Å². The Morgan fingerprint density at radius 3 is 2.62 bits per heavy atom. The molecule has 0 saturated carbocycles. The SMILES string of the molecule is CN1CCN(CC(O)c2ccc(F)cc2F)C(C)(C)C1=O. The summed E-state index contributed by atoms with van der Waals surface area (Å²) in [5.41, 5.74) is -0.719. The van der Waals surface area contributed by atoms with Crippen LogP contribution in [0, 0.1) is 11.6 Å². The molecular weight excluding hydrogens is 278 g/mol. The zero-order valence-electron chi connectivity index (χ0n) is 12.4. The molecule has 1 unspecified atom stereocenters. The standard InChI is InChI=1S/C15H20F2N2O2/c1-15(2)14(21)18(3)6-7-19(15)9-13(20)11-5-4-10(16)8-12(11)17/h4-5,8,13,20H,6-7,9H2,1-3H3. The highest BCUT2D eigenvalue weighted by Gasteiger charge is 2.41. The van der Waals surface area contributed by atoms with Gasteiger partial charge in [0.1, 0.15) is 11.6 Å². The number of benzene rings is 1. The summed E-state index contributed by atoms with van der Waals surface area (Å²) in [5.74, 6) is -1.50. The molecule has 1 saturated heterocycles. The summed E-state index contributed by atoms with van der Waals surface area (Å²) in [6.07, 6.45) is -1.11. The molecule has 21 heavy (non-hydrogen) atoms. The Balaban J connectivity index is 2.15. The van der Waals surface area contributed by atoms with Gasteiger partial charge in [0.2, 0.25) is 5.91 Å². The summed E-state index contributed by atoms with van der Waals surface area (Å²) in [7, 11) is 1.73. The molecule has 1 fully saturated rings. The minimum absolute atomic E-state index is 0.0403. The Morgan fingerprint density at radius 2 is 2.00 bits per heavy atom. The minimum Gasteiger partial charge on any atom is -0.387 e. The van der Waals surface area contributed by atoms with Gasteiger partial charge in [-0.15, -0.1) is 0 Å². The second-order valence-corrected chi connectivity index (χ2v) is 5.91. The average molecular weight is 298 g/mol. The number of amides is 1. The lowest BCUT2D eigenvalue weighted by Gasteiger charge is -2.45. The summed E-state index contributed by atoms with van der Waals surface area (Å²) in [5, 5.41) is 10.2. The van der Waals surface area contributed by atoms with Gasteiger partial charge in [-0.1, -0.05) is 6.07 Å². The highest BCUT2D eigenvalue weighted by Crippen LogP contribution is 2.26. The first-order valence-corrected chi connectivity index (χ1v) is 6.87. The van der Waals surface area contributed by atoms with E-state index in [0.29, 0.717) is 13.1 Å². The molecule has 1 aliphatic heterocycles. The number of aliphatic hydroxyl groups is 1. The van der Waals surface area contributed by atoms with E-state index >= 15 is 0 Å². The Kier molecular flexibility index (Phi) is 4.30. The van der Waals surface area contributed by atoms with E-state index < -0.39 is 23.3 Å². The van der Waals surface area contributed by atoms with Crippen molar-refractivity contribution >= 4 is 5.91 Å². The molecule has 0 aliphatic carbocycles. The van der Waals surface area contributed by atoms with E-state index in [9.17, 15) is 18.7 Å². The summed E-state index contributed by atoms with van der Waals surface area (Å²) in [6, 6.07) is 3.10. The van der Waals surface area contributed by atoms with Crippen LogP contribution < -0.4 is 0 Å². The van der Waals surface area contributed by atoms with Crippen LogP contribution in [0.5, 0.6) is 0 Å². The topological polar surface area (TPSA) is 43.8 Å². The van der Waals surface area contributed by atoms with Gasteiger partial charge in [-0.2, -0.15) is 0 Å². The number of hydrogen-bond donors (Lipinski definition) is 1. The third-order valence-electron chi connectivity index (χ3n) is 4.08. The molecular formula is C15H20F2N2O2. The zero-order valence-corrected chi connectivity index (χ0v) is 12.4. The van der Waals surface area contributed by atoms with Gasteiger partial charge in [-0.3, -0.25) is 9.69 Å². The number of piperazine rings is 1. The van der Waals surface area contributed by atoms with Crippen molar-refractivity contribution in [1.29, 1.82) is 0 Å². The van der Waals surface area contributed by atoms with Gasteiger partial charge in [-0.25, -0.2) is 8.78 Å². The van der Waals surface area contributed by atoms with Crippen LogP contribution in [-0.2, 0) is 4.79 Å². The van der Waals surface area contributed by atoms with Crippen molar-refractivity contribution in [1.82, 2.24) is 9.80 Å². The van der Waals surface area contributed by atoms with Crippen molar-refractivity contribution < 1.29 is 18.7 Å². The molecule has 1 amide bonds. The maximum Gasteiger partial charge on any atom is 0.242 e. The predicted molar refractivity (Wildman–Crippen MR) is 74.6 cm³/mol. The maximum atomic E-state index is 13.7. The molecule has 1 aliphatic rings. The number of β-amino-alcohol motifs (C(OH)–C–C–N with tert-alkyl or cyclic N) is 1. The van der Waals surface area contributed by atoms with E-state index in [-0.39, 0.29) is 18.0 Å². The Hall–Kier alpha value is -1.53. The number of carbonyl (C=O) groups is 1. The molecule has 6 heteroatoms. The van der Waals surface area contributed by atoms with Crippen LogP contribution in [0.1, 0.15) is 25.5 Å². The van der Waals surface area contributed by atoms with Gasteiger partial charge >= 0.3 is 0 Å². The van der Waals surface area contributed by atoms with Gasteiger partial charge in [0.15, 0.2) is 0 Å². The van der Waals surface area contributed by atoms with Crippen LogP contribution in [0.3, 0.4) is 0 Å². The molecule has 2 rings (SSSR count). The lowest BCUT2D eigenvalue weighted by atomic mass is 9.96. The number of rotatable bonds is 3. The van der Waals surface area contributed by atoms with Gasteiger partial charge in [0, 0.05) is 38.3 Å². The fraction of sp³-hybridized carbons (Fsp3) is 0.533. The molecule has 1 heterocycles. The first-order valence-electron chi connectivity index (χ1n) is 6.87. The lowest BCUT2D eigenvalue weighted by Crippen LogP contribution is -2.62. The van der Waals surface area contributed by atoms with E-state index in [4.69, 9.17) is 0 Å². The number of halogens is 2. The third-order valence-corrected chi connectivity index (χ3v) is 4.08. The lowest BCUT2D eigenvalue weighted by molar-refractivity contribution is -0.148. The van der Waals surface area contributed by atoms with Gasteiger partial charge < -0.3 is 10.0 Å². The number of carbonyl (C=O) groups excluding carboxylic acids is 1. The van der Waals surface area contributed by atoms with Crippen molar-refractivity contribution in [2.24, 2.45) is 0 Å². The summed E-state index contributed by atoms with van der Waals surface area (Å²) in [4.78, 5) is 15.6. The monoisotopic (exact) mass is 298 g/mol. The van der Waals surface area contributed by atoms with Crippen molar-refractivity contribution in [2.45, 2.75) is 25.5 Å². The maximum absolute atomic E-state index is 13.7. The molecule has 1 aromatic rings. The third kappa shape index (κ3) is 3.06. The molecule has 0 radical (unpaired) electrons. The summed E-state index contributed by atoms with van der Waals surface area (Å²) >= 11 is 0. The molecule has 1 N–H and O–H groups in total. The predicted octanol–water partition coefficient (Wildman–Crippen LogP) is 1.55. The fourth-order valence-electron chi connectivity index (χ4n) is 2.65. The Labute approximate surface area is 123 Å². The van der Waals surface area contributed by atoms with E-state index in [1.54, 1.807) is 25.8 Å². The molecule has 0 bridgehead atoms. The number of hydrogen-bond acceptors (Lipinski definition) is 3. The summed E-state index contributed by atoms with van der Waals surface area (Å²) in [6.45, 7) is 4.82. The zero-order chi connectivity index (χ0) is 15.8. The quantitative estimate of drug-likeness (QED) is 0.921. The molecule has 1 atom stereocenters. The van der Waals surface area contributed by atoms with Crippen LogP contribution in [0.25, 0.3) is 0 Å². The first kappa shape index (κ1) is 15.9. The van der Waals surface area contributed by atoms with Crippen LogP contribution in [0.4, 0.5) is 8.78 Å². The number of likely N-dealkylation sites (N-methyl/N-ethyl adjacent to an activating group) is 1. The van der Waals surface area contributed by atoms with Crippen LogP contribution in [0.15, 0.2) is 18.2 Å². The number of aliphatic hydroxyl groups excluding tert-OH is 1. The van der Waals surface area contributed by atoms with Crippen LogP contribution in [0.2, 0.25) is 0 Å². The van der Waals surface area contributed by atoms with Crippen molar-refractivity contribution in [3.8, 4) is 0 Å². The normalized spacial score (nSPS) is 20.7. The van der Waals surface area contributed by atoms with E-state index in [1.165, 1.54) is 6.07 Å². The highest BCUT2D eigenvalue weighted by atomic mass is 19.1. The average Bonchev–Trinajstić information content (AvgIpc) is 2.40. The summed E-state index contributed by atoms with van der Waals surface area (Å²) < 4.78 is 26.6. The molecule has 116 valence electrons. The van der Waals surface area contributed by atoms with Crippen LogP contribution >= 0.6 is 0 Å². The molecule has 0 aromatic heterocycles. The van der Waals surface area contributed by atoms with E-state index in [0.717, 1.165) is 12.1 Å². The molecule has 0 spiro atoms.